The van der Waals surface area contributed by atoms with Gasteiger partial charge in [0.1, 0.15) is 0 Å². The highest BCUT2D eigenvalue weighted by molar-refractivity contribution is 7.09. The maximum Gasteiger partial charge on any atom is 0.0332 e. The zero-order chi connectivity index (χ0) is 14.7. The minimum absolute atomic E-state index is 0.199. The van der Waals surface area contributed by atoms with Gasteiger partial charge in [-0.25, -0.2) is 0 Å². The van der Waals surface area contributed by atoms with E-state index in [2.05, 4.69) is 71.9 Å². The van der Waals surface area contributed by atoms with Crippen molar-refractivity contribution in [1.29, 1.82) is 0 Å². The molecule has 3 heteroatoms. The van der Waals surface area contributed by atoms with Gasteiger partial charge in [-0.2, -0.15) is 0 Å². The van der Waals surface area contributed by atoms with Gasteiger partial charge >= 0.3 is 0 Å². The minimum atomic E-state index is 0.199. The van der Waals surface area contributed by atoms with Crippen molar-refractivity contribution < 1.29 is 0 Å². The summed E-state index contributed by atoms with van der Waals surface area (Å²) in [6, 6.07) is 15.8. The second-order valence-corrected chi connectivity index (χ2v) is 7.62. The fourth-order valence-corrected chi connectivity index (χ4v) is 3.82. The molecule has 0 aliphatic carbocycles. The molecule has 112 valence electrons. The molecule has 1 aromatic carbocycles. The Balaban J connectivity index is 1.73. The quantitative estimate of drug-likeness (QED) is 0.929. The lowest BCUT2D eigenvalue weighted by Gasteiger charge is -2.44. The second kappa shape index (κ2) is 6.30. The number of rotatable bonds is 4. The van der Waals surface area contributed by atoms with Crippen molar-refractivity contribution >= 4 is 11.3 Å². The first kappa shape index (κ1) is 14.8. The zero-order valence-corrected chi connectivity index (χ0v) is 13.7. The SMILES string of the molecule is CC1(C)CN(Cc2cccs2)C(Cc2ccccc2)CN1. The number of nitrogens with one attached hydrogen (secondary N) is 1. The van der Waals surface area contributed by atoms with Crippen LogP contribution in [0.25, 0.3) is 0 Å². The van der Waals surface area contributed by atoms with E-state index in [-0.39, 0.29) is 5.54 Å². The summed E-state index contributed by atoms with van der Waals surface area (Å²) in [7, 11) is 0. The average Bonchev–Trinajstić information content (AvgIpc) is 2.96. The fraction of sp³-hybridized carbons (Fsp3) is 0.444. The number of benzene rings is 1. The maximum absolute atomic E-state index is 3.70. The van der Waals surface area contributed by atoms with Crippen molar-refractivity contribution in [1.82, 2.24) is 10.2 Å². The summed E-state index contributed by atoms with van der Waals surface area (Å²) in [6.45, 7) is 7.83. The molecule has 0 bridgehead atoms. The van der Waals surface area contributed by atoms with Crippen molar-refractivity contribution in [3.63, 3.8) is 0 Å². The van der Waals surface area contributed by atoms with Gasteiger partial charge in [0, 0.05) is 36.1 Å². The van der Waals surface area contributed by atoms with Gasteiger partial charge in [-0.15, -0.1) is 11.3 Å². The molecule has 3 rings (SSSR count). The third-order valence-electron chi connectivity index (χ3n) is 4.18. The molecule has 1 aliphatic heterocycles. The second-order valence-electron chi connectivity index (χ2n) is 6.59. The largest absolute Gasteiger partial charge is 0.309 e. The molecule has 21 heavy (non-hydrogen) atoms. The molecule has 2 aromatic rings. The standard InChI is InChI=1S/C18H24N2S/c1-18(2)14-20(13-17-9-6-10-21-17)16(12-19-18)11-15-7-4-3-5-8-15/h3-10,16,19H,11-14H2,1-2H3. The summed E-state index contributed by atoms with van der Waals surface area (Å²) in [5.41, 5.74) is 1.63. The predicted molar refractivity (Wildman–Crippen MR) is 90.7 cm³/mol. The first-order chi connectivity index (χ1) is 10.1. The van der Waals surface area contributed by atoms with Crippen molar-refractivity contribution in [2.45, 2.75) is 38.4 Å². The van der Waals surface area contributed by atoms with Crippen LogP contribution in [0.4, 0.5) is 0 Å². The summed E-state index contributed by atoms with van der Waals surface area (Å²) in [6.07, 6.45) is 1.12. The first-order valence-corrected chi connectivity index (χ1v) is 8.56. The molecule has 1 atom stereocenters. The van der Waals surface area contributed by atoms with Crippen LogP contribution in [-0.2, 0) is 13.0 Å². The van der Waals surface area contributed by atoms with E-state index in [1.165, 1.54) is 10.4 Å². The predicted octanol–water partition coefficient (Wildman–Crippen LogP) is 3.54. The molecule has 0 radical (unpaired) electrons. The molecule has 0 spiro atoms. The van der Waals surface area contributed by atoms with E-state index < -0.39 is 0 Å². The Labute approximate surface area is 131 Å². The van der Waals surface area contributed by atoms with Gasteiger partial charge in [0.25, 0.3) is 0 Å². The van der Waals surface area contributed by atoms with Crippen LogP contribution in [0.2, 0.25) is 0 Å². The number of piperazine rings is 1. The number of nitrogens with zero attached hydrogens (tertiary/aromatic N) is 1. The summed E-state index contributed by atoms with van der Waals surface area (Å²) in [4.78, 5) is 4.11. The highest BCUT2D eigenvalue weighted by atomic mass is 32.1. The van der Waals surface area contributed by atoms with Gasteiger partial charge in [0.2, 0.25) is 0 Å². The van der Waals surface area contributed by atoms with E-state index >= 15 is 0 Å². The monoisotopic (exact) mass is 300 g/mol. The van der Waals surface area contributed by atoms with Gasteiger partial charge in [-0.05, 0) is 37.3 Å². The lowest BCUT2D eigenvalue weighted by Crippen LogP contribution is -2.61. The van der Waals surface area contributed by atoms with Crippen LogP contribution in [-0.4, -0.2) is 29.6 Å². The zero-order valence-electron chi connectivity index (χ0n) is 12.9. The van der Waals surface area contributed by atoms with E-state index in [0.29, 0.717) is 6.04 Å². The van der Waals surface area contributed by atoms with Crippen LogP contribution in [0, 0.1) is 0 Å². The first-order valence-electron chi connectivity index (χ1n) is 7.68. The molecule has 1 N–H and O–H groups in total. The Bertz CT molecular complexity index is 548. The van der Waals surface area contributed by atoms with Crippen LogP contribution in [0.5, 0.6) is 0 Å². The Kier molecular flexibility index (Phi) is 4.43. The van der Waals surface area contributed by atoms with Crippen LogP contribution in [0.1, 0.15) is 24.3 Å². The van der Waals surface area contributed by atoms with Gasteiger partial charge in [0.15, 0.2) is 0 Å². The fourth-order valence-electron chi connectivity index (χ4n) is 3.09. The maximum atomic E-state index is 3.70. The highest BCUT2D eigenvalue weighted by Gasteiger charge is 2.32. The molecule has 2 nitrogen and oxygen atoms in total. The molecular weight excluding hydrogens is 276 g/mol. The molecule has 1 unspecified atom stereocenters. The van der Waals surface area contributed by atoms with Crippen LogP contribution < -0.4 is 5.32 Å². The third-order valence-corrected chi connectivity index (χ3v) is 5.05. The Morgan fingerprint density at radius 2 is 2.00 bits per heavy atom. The summed E-state index contributed by atoms with van der Waals surface area (Å²) >= 11 is 1.86. The van der Waals surface area contributed by atoms with Crippen molar-refractivity contribution in [3.8, 4) is 0 Å². The van der Waals surface area contributed by atoms with Crippen molar-refractivity contribution in [2.24, 2.45) is 0 Å². The van der Waals surface area contributed by atoms with Crippen LogP contribution >= 0.6 is 11.3 Å². The Morgan fingerprint density at radius 3 is 2.71 bits per heavy atom. The van der Waals surface area contributed by atoms with Crippen LogP contribution in [0.3, 0.4) is 0 Å². The summed E-state index contributed by atoms with van der Waals surface area (Å²) < 4.78 is 0. The molecule has 0 saturated carbocycles. The molecule has 1 fully saturated rings. The number of thiophene rings is 1. The third kappa shape index (κ3) is 3.94. The van der Waals surface area contributed by atoms with E-state index in [4.69, 9.17) is 0 Å². The normalized spacial score (nSPS) is 22.3. The highest BCUT2D eigenvalue weighted by Crippen LogP contribution is 2.22. The lowest BCUT2D eigenvalue weighted by molar-refractivity contribution is 0.0890. The van der Waals surface area contributed by atoms with Crippen LogP contribution in [0.15, 0.2) is 47.8 Å². The van der Waals surface area contributed by atoms with E-state index in [9.17, 15) is 0 Å². The molecule has 1 aromatic heterocycles. The topological polar surface area (TPSA) is 15.3 Å². The van der Waals surface area contributed by atoms with Gasteiger partial charge in [-0.1, -0.05) is 36.4 Å². The molecule has 1 aliphatic rings. The molecular formula is C18H24N2S. The van der Waals surface area contributed by atoms with Gasteiger partial charge in [-0.3, -0.25) is 4.90 Å². The van der Waals surface area contributed by atoms with E-state index in [0.717, 1.165) is 26.1 Å². The lowest BCUT2D eigenvalue weighted by atomic mass is 9.95. The van der Waals surface area contributed by atoms with Gasteiger partial charge in [0.05, 0.1) is 0 Å². The number of hydrogen-bond donors (Lipinski definition) is 1. The molecule has 0 amide bonds. The Hall–Kier alpha value is -1.16. The average molecular weight is 300 g/mol. The Morgan fingerprint density at radius 1 is 1.19 bits per heavy atom. The van der Waals surface area contributed by atoms with Crippen molar-refractivity contribution in [2.75, 3.05) is 13.1 Å². The van der Waals surface area contributed by atoms with E-state index in [1.54, 1.807) is 0 Å². The summed E-state index contributed by atoms with van der Waals surface area (Å²) in [5.74, 6) is 0. The van der Waals surface area contributed by atoms with E-state index in [1.807, 2.05) is 11.3 Å². The molecule has 2 heterocycles. The number of hydrogen-bond acceptors (Lipinski definition) is 3. The summed E-state index contributed by atoms with van der Waals surface area (Å²) in [5, 5.41) is 5.88. The smallest absolute Gasteiger partial charge is 0.0332 e. The minimum Gasteiger partial charge on any atom is -0.309 e. The van der Waals surface area contributed by atoms with Gasteiger partial charge < -0.3 is 5.32 Å². The van der Waals surface area contributed by atoms with Crippen molar-refractivity contribution in [3.05, 3.63) is 58.3 Å². The molecule has 1 saturated heterocycles.